The molecule has 0 aliphatic rings. The Balaban J connectivity index is 3.24. The predicted octanol–water partition coefficient (Wildman–Crippen LogP) is 3.65. The van der Waals surface area contributed by atoms with E-state index in [9.17, 15) is 22.8 Å². The predicted molar refractivity (Wildman–Crippen MR) is 80.8 cm³/mol. The third-order valence-corrected chi connectivity index (χ3v) is 3.10. The van der Waals surface area contributed by atoms with E-state index < -0.39 is 29.0 Å². The first kappa shape index (κ1) is 19.8. The number of amides is 1. The molecule has 0 spiro atoms. The van der Waals surface area contributed by atoms with E-state index in [0.29, 0.717) is 6.29 Å². The molecule has 0 saturated heterocycles. The van der Waals surface area contributed by atoms with Crippen molar-refractivity contribution in [2.24, 2.45) is 0 Å². The molecule has 0 heterocycles. The highest BCUT2D eigenvalue weighted by atomic mass is 19.4. The second-order valence-electron chi connectivity index (χ2n) is 6.36. The summed E-state index contributed by atoms with van der Waals surface area (Å²) in [6, 6.07) is 3.14. The Bertz CT molecular complexity index is 623. The van der Waals surface area contributed by atoms with E-state index >= 15 is 0 Å². The first-order chi connectivity index (χ1) is 10.8. The fraction of sp³-hybridized carbons (Fsp3) is 0.500. The molecule has 0 fully saturated rings. The van der Waals surface area contributed by atoms with Crippen molar-refractivity contribution >= 4 is 12.4 Å². The van der Waals surface area contributed by atoms with Crippen molar-refractivity contribution in [3.05, 3.63) is 29.3 Å². The highest BCUT2D eigenvalue weighted by molar-refractivity contribution is 5.78. The van der Waals surface area contributed by atoms with Crippen molar-refractivity contribution in [2.75, 3.05) is 7.11 Å². The van der Waals surface area contributed by atoms with Gasteiger partial charge in [-0.3, -0.25) is 0 Å². The van der Waals surface area contributed by atoms with Crippen LogP contribution in [0.25, 0.3) is 0 Å². The SMILES string of the molecule is COc1ccc(C(C)(C=O)NC(=O)OC(C)(C)C)cc1C(F)(F)F. The molecule has 1 unspecified atom stereocenters. The van der Waals surface area contributed by atoms with E-state index in [2.05, 4.69) is 5.32 Å². The molecule has 1 aromatic rings. The third-order valence-electron chi connectivity index (χ3n) is 3.10. The Hall–Kier alpha value is -2.25. The van der Waals surface area contributed by atoms with Gasteiger partial charge in [-0.15, -0.1) is 0 Å². The Labute approximate surface area is 138 Å². The normalized spacial score (nSPS) is 14.5. The van der Waals surface area contributed by atoms with Gasteiger partial charge in [0.05, 0.1) is 12.7 Å². The molecule has 0 aliphatic heterocycles. The first-order valence-corrected chi connectivity index (χ1v) is 7.05. The Morgan fingerprint density at radius 2 is 1.75 bits per heavy atom. The van der Waals surface area contributed by atoms with E-state index in [0.717, 1.165) is 19.2 Å². The molecule has 0 saturated carbocycles. The number of carbonyl (C=O) groups excluding carboxylic acids is 2. The second-order valence-corrected chi connectivity index (χ2v) is 6.36. The zero-order chi connectivity index (χ0) is 18.8. The van der Waals surface area contributed by atoms with Gasteiger partial charge in [0, 0.05) is 0 Å². The van der Waals surface area contributed by atoms with Crippen LogP contribution in [0.1, 0.15) is 38.8 Å². The number of rotatable bonds is 4. The van der Waals surface area contributed by atoms with Gasteiger partial charge >= 0.3 is 12.3 Å². The van der Waals surface area contributed by atoms with Gasteiger partial charge in [0.15, 0.2) is 0 Å². The molecule has 5 nitrogen and oxygen atoms in total. The summed E-state index contributed by atoms with van der Waals surface area (Å²) in [5.41, 5.74) is -3.59. The summed E-state index contributed by atoms with van der Waals surface area (Å²) in [4.78, 5) is 23.3. The number of hydrogen-bond donors (Lipinski definition) is 1. The Morgan fingerprint density at radius 3 is 2.17 bits per heavy atom. The van der Waals surface area contributed by atoms with Gasteiger partial charge in [-0.25, -0.2) is 4.79 Å². The van der Waals surface area contributed by atoms with Crippen molar-refractivity contribution in [1.82, 2.24) is 5.32 Å². The average molecular weight is 347 g/mol. The molecule has 0 radical (unpaired) electrons. The van der Waals surface area contributed by atoms with Gasteiger partial charge < -0.3 is 19.6 Å². The lowest BCUT2D eigenvalue weighted by molar-refractivity contribution is -0.139. The molecule has 24 heavy (non-hydrogen) atoms. The van der Waals surface area contributed by atoms with Crippen LogP contribution in [-0.4, -0.2) is 25.1 Å². The molecular weight excluding hydrogens is 327 g/mol. The number of alkyl halides is 3. The lowest BCUT2D eigenvalue weighted by Gasteiger charge is -2.28. The van der Waals surface area contributed by atoms with E-state index in [1.54, 1.807) is 20.8 Å². The third kappa shape index (κ3) is 4.87. The van der Waals surface area contributed by atoms with Crippen LogP contribution in [0.3, 0.4) is 0 Å². The van der Waals surface area contributed by atoms with Crippen LogP contribution < -0.4 is 10.1 Å². The van der Waals surface area contributed by atoms with Gasteiger partial charge in [0.1, 0.15) is 23.2 Å². The zero-order valence-electron chi connectivity index (χ0n) is 14.1. The molecule has 1 amide bonds. The van der Waals surface area contributed by atoms with Gasteiger partial charge in [0.25, 0.3) is 0 Å². The molecule has 8 heteroatoms. The molecular formula is C16H20F3NO4. The van der Waals surface area contributed by atoms with Crippen molar-refractivity contribution in [3.63, 3.8) is 0 Å². The van der Waals surface area contributed by atoms with Crippen LogP contribution in [0.15, 0.2) is 18.2 Å². The minimum Gasteiger partial charge on any atom is -0.496 e. The van der Waals surface area contributed by atoms with Crippen molar-refractivity contribution in [3.8, 4) is 5.75 Å². The summed E-state index contributed by atoms with van der Waals surface area (Å²) in [5, 5.41) is 2.29. The minimum atomic E-state index is -4.67. The van der Waals surface area contributed by atoms with Crippen LogP contribution in [-0.2, 0) is 21.2 Å². The van der Waals surface area contributed by atoms with Gasteiger partial charge in [-0.1, -0.05) is 6.07 Å². The first-order valence-electron chi connectivity index (χ1n) is 7.05. The summed E-state index contributed by atoms with van der Waals surface area (Å²) >= 11 is 0. The van der Waals surface area contributed by atoms with Crippen molar-refractivity contribution in [1.29, 1.82) is 0 Å². The fourth-order valence-corrected chi connectivity index (χ4v) is 1.94. The Kier molecular flexibility index (Phi) is 5.53. The average Bonchev–Trinajstić information content (AvgIpc) is 2.43. The van der Waals surface area contributed by atoms with Crippen LogP contribution >= 0.6 is 0 Å². The number of alkyl carbamates (subject to hydrolysis) is 1. The van der Waals surface area contributed by atoms with Gasteiger partial charge in [0.2, 0.25) is 0 Å². The van der Waals surface area contributed by atoms with Crippen LogP contribution in [0, 0.1) is 0 Å². The number of hydrogen-bond acceptors (Lipinski definition) is 4. The molecule has 1 N–H and O–H groups in total. The number of benzene rings is 1. The monoisotopic (exact) mass is 347 g/mol. The maximum atomic E-state index is 13.1. The number of nitrogens with one attached hydrogen (secondary N) is 1. The standard InChI is InChI=1S/C16H20F3NO4/c1-14(2,3)24-13(22)20-15(4,9-21)10-6-7-12(23-5)11(8-10)16(17,18)19/h6-9H,1-5H3,(H,20,22). The largest absolute Gasteiger partial charge is 0.496 e. The molecule has 0 bridgehead atoms. The summed E-state index contributed by atoms with van der Waals surface area (Å²) in [7, 11) is 1.11. The maximum absolute atomic E-state index is 13.1. The summed E-state index contributed by atoms with van der Waals surface area (Å²) < 4.78 is 49.1. The molecule has 0 aliphatic carbocycles. The summed E-state index contributed by atoms with van der Waals surface area (Å²) in [6.45, 7) is 6.16. The lowest BCUT2D eigenvalue weighted by atomic mass is 9.92. The number of aldehydes is 1. The Morgan fingerprint density at radius 1 is 1.17 bits per heavy atom. The summed E-state index contributed by atoms with van der Waals surface area (Å²) in [5.74, 6) is -0.378. The van der Waals surface area contributed by atoms with Crippen LogP contribution in [0.5, 0.6) is 5.75 Å². The van der Waals surface area contributed by atoms with Gasteiger partial charge in [-0.05, 0) is 45.4 Å². The lowest BCUT2D eigenvalue weighted by Crippen LogP contribution is -2.47. The van der Waals surface area contributed by atoms with Crippen molar-refractivity contribution in [2.45, 2.75) is 45.0 Å². The van der Waals surface area contributed by atoms with Gasteiger partial charge in [-0.2, -0.15) is 13.2 Å². The molecule has 0 aromatic heterocycles. The van der Waals surface area contributed by atoms with E-state index in [4.69, 9.17) is 9.47 Å². The number of halogens is 3. The van der Waals surface area contributed by atoms with E-state index in [-0.39, 0.29) is 11.3 Å². The topological polar surface area (TPSA) is 64.6 Å². The second kappa shape index (κ2) is 6.70. The highest BCUT2D eigenvalue weighted by Gasteiger charge is 2.38. The minimum absolute atomic E-state index is 0.0449. The van der Waals surface area contributed by atoms with Crippen LogP contribution in [0.2, 0.25) is 0 Å². The van der Waals surface area contributed by atoms with E-state index in [1.807, 2.05) is 0 Å². The number of carbonyl (C=O) groups is 2. The highest BCUT2D eigenvalue weighted by Crippen LogP contribution is 2.38. The number of ether oxygens (including phenoxy) is 2. The summed E-state index contributed by atoms with van der Waals surface area (Å²) in [6.07, 6.45) is -5.24. The molecule has 1 aromatic carbocycles. The molecule has 1 rings (SSSR count). The van der Waals surface area contributed by atoms with Crippen molar-refractivity contribution < 1.29 is 32.2 Å². The zero-order valence-corrected chi connectivity index (χ0v) is 14.1. The molecule has 1 atom stereocenters. The smallest absolute Gasteiger partial charge is 0.419 e. The van der Waals surface area contributed by atoms with E-state index in [1.165, 1.54) is 13.0 Å². The number of methoxy groups -OCH3 is 1. The molecule has 134 valence electrons. The fourth-order valence-electron chi connectivity index (χ4n) is 1.94. The maximum Gasteiger partial charge on any atom is 0.419 e. The quantitative estimate of drug-likeness (QED) is 0.845. The van der Waals surface area contributed by atoms with Crippen LogP contribution in [0.4, 0.5) is 18.0 Å².